The highest BCUT2D eigenvalue weighted by atomic mass is 32.2. The minimum Gasteiger partial charge on any atom is -0.302 e. The Morgan fingerprint density at radius 2 is 1.52 bits per heavy atom. The minimum absolute atomic E-state index is 0.391. The lowest BCUT2D eigenvalue weighted by Crippen LogP contribution is -2.21. The Hall–Kier alpha value is -0.930. The molecule has 1 aromatic carbocycles. The fourth-order valence-electron chi connectivity index (χ4n) is 1.92. The summed E-state index contributed by atoms with van der Waals surface area (Å²) >= 11 is 0. The molecule has 1 rings (SSSR count). The molecule has 0 N–H and O–H groups in total. The van der Waals surface area contributed by atoms with Crippen molar-refractivity contribution in [1.29, 1.82) is 0 Å². The van der Waals surface area contributed by atoms with Crippen LogP contribution in [0, 0.1) is 0 Å². The van der Waals surface area contributed by atoms with Crippen LogP contribution in [0.5, 0.6) is 0 Å². The van der Waals surface area contributed by atoms with Crippen LogP contribution in [0.2, 0.25) is 0 Å². The largest absolute Gasteiger partial charge is 0.417 e. The van der Waals surface area contributed by atoms with E-state index in [9.17, 15) is 26.2 Å². The van der Waals surface area contributed by atoms with E-state index in [0.717, 1.165) is 13.2 Å². The van der Waals surface area contributed by atoms with Gasteiger partial charge in [-0.1, -0.05) is 0 Å². The Balaban J connectivity index is 3.64. The fourth-order valence-corrected chi connectivity index (χ4v) is 4.73. The van der Waals surface area contributed by atoms with E-state index in [1.165, 1.54) is 0 Å². The Labute approximate surface area is 144 Å². The SMILES string of the molecule is COS(=O)(=O)c1ccc(P(=O)(OC(C)C)OC(C)C)cc1C(F)(F)F. The zero-order valence-electron chi connectivity index (χ0n) is 14.3. The number of benzene rings is 1. The lowest BCUT2D eigenvalue weighted by molar-refractivity contribution is -0.139. The van der Waals surface area contributed by atoms with Gasteiger partial charge in [-0.3, -0.25) is 8.75 Å². The second-order valence-corrected chi connectivity index (χ2v) is 9.22. The van der Waals surface area contributed by atoms with E-state index in [2.05, 4.69) is 4.18 Å². The van der Waals surface area contributed by atoms with Gasteiger partial charge in [0.25, 0.3) is 10.1 Å². The molecule has 0 aromatic heterocycles. The molecule has 1 aromatic rings. The van der Waals surface area contributed by atoms with Gasteiger partial charge in [-0.2, -0.15) is 21.6 Å². The maximum Gasteiger partial charge on any atom is 0.417 e. The van der Waals surface area contributed by atoms with Crippen LogP contribution in [0.25, 0.3) is 0 Å². The van der Waals surface area contributed by atoms with E-state index < -0.39 is 51.9 Å². The number of hydrogen-bond donors (Lipinski definition) is 0. The fraction of sp³-hybridized carbons (Fsp3) is 0.571. The van der Waals surface area contributed by atoms with Gasteiger partial charge in [-0.15, -0.1) is 0 Å². The maximum absolute atomic E-state index is 13.3. The topological polar surface area (TPSA) is 78.9 Å². The van der Waals surface area contributed by atoms with E-state index in [1.807, 2.05) is 0 Å². The van der Waals surface area contributed by atoms with E-state index in [-0.39, 0.29) is 0 Å². The number of hydrogen-bond acceptors (Lipinski definition) is 6. The van der Waals surface area contributed by atoms with E-state index in [1.54, 1.807) is 27.7 Å². The number of alkyl halides is 3. The molecule has 0 saturated heterocycles. The molecule has 25 heavy (non-hydrogen) atoms. The summed E-state index contributed by atoms with van der Waals surface area (Å²) in [5.74, 6) is 0. The van der Waals surface area contributed by atoms with Crippen LogP contribution < -0.4 is 5.30 Å². The van der Waals surface area contributed by atoms with Gasteiger partial charge in [0, 0.05) is 0 Å². The van der Waals surface area contributed by atoms with Crippen LogP contribution in [0.1, 0.15) is 33.3 Å². The molecule has 0 heterocycles. The smallest absolute Gasteiger partial charge is 0.302 e. The highest BCUT2D eigenvalue weighted by Crippen LogP contribution is 2.50. The summed E-state index contributed by atoms with van der Waals surface area (Å²) < 4.78 is 91.0. The van der Waals surface area contributed by atoms with Gasteiger partial charge in [-0.05, 0) is 45.9 Å². The molecule has 11 heteroatoms. The summed E-state index contributed by atoms with van der Waals surface area (Å²) in [5, 5.41) is -0.391. The van der Waals surface area contributed by atoms with Gasteiger partial charge in [0.2, 0.25) is 0 Å². The molecule has 0 spiro atoms. The highest BCUT2D eigenvalue weighted by Gasteiger charge is 2.40. The third-order valence-electron chi connectivity index (χ3n) is 2.77. The van der Waals surface area contributed by atoms with Crippen LogP contribution in [0.3, 0.4) is 0 Å². The molecule has 0 aliphatic carbocycles. The summed E-state index contributed by atoms with van der Waals surface area (Å²) in [6.45, 7) is 6.19. The quantitative estimate of drug-likeness (QED) is 0.509. The molecular formula is C14H20F3O6PS. The normalized spacial score (nSPS) is 13.7. The van der Waals surface area contributed by atoms with E-state index in [4.69, 9.17) is 9.05 Å². The third-order valence-corrected chi connectivity index (χ3v) is 6.42. The van der Waals surface area contributed by atoms with Crippen LogP contribution in [-0.2, 0) is 34.1 Å². The van der Waals surface area contributed by atoms with E-state index in [0.29, 0.717) is 12.1 Å². The summed E-state index contributed by atoms with van der Waals surface area (Å²) in [6, 6.07) is 2.10. The molecule has 0 aliphatic heterocycles. The lowest BCUT2D eigenvalue weighted by atomic mass is 10.2. The standard InChI is InChI=1S/C14H20F3O6PS/c1-9(2)22-24(18,23-10(3)4)11-6-7-13(25(19,20)21-5)12(8-11)14(15,16)17/h6-10H,1-5H3. The summed E-state index contributed by atoms with van der Waals surface area (Å²) in [4.78, 5) is -1.08. The van der Waals surface area contributed by atoms with Crippen molar-refractivity contribution in [2.75, 3.05) is 7.11 Å². The van der Waals surface area contributed by atoms with Gasteiger partial charge in [0.15, 0.2) is 0 Å². The molecule has 0 saturated carbocycles. The molecule has 144 valence electrons. The van der Waals surface area contributed by atoms with Gasteiger partial charge in [0.05, 0.1) is 30.2 Å². The van der Waals surface area contributed by atoms with Crippen molar-refractivity contribution in [3.63, 3.8) is 0 Å². The first kappa shape index (κ1) is 22.1. The first-order valence-electron chi connectivity index (χ1n) is 7.22. The average Bonchev–Trinajstić information content (AvgIpc) is 2.44. The lowest BCUT2D eigenvalue weighted by Gasteiger charge is -2.24. The van der Waals surface area contributed by atoms with Crippen molar-refractivity contribution < 1.29 is 39.4 Å². The first-order valence-corrected chi connectivity index (χ1v) is 10.2. The Morgan fingerprint density at radius 1 is 1.04 bits per heavy atom. The third kappa shape index (κ3) is 5.52. The highest BCUT2D eigenvalue weighted by molar-refractivity contribution is 7.86. The monoisotopic (exact) mass is 404 g/mol. The molecule has 0 amide bonds. The van der Waals surface area contributed by atoms with Crippen molar-refractivity contribution >= 4 is 23.0 Å². The zero-order valence-corrected chi connectivity index (χ0v) is 16.0. The Bertz CT molecular complexity index is 744. The summed E-state index contributed by atoms with van der Waals surface area (Å²) in [5.41, 5.74) is -1.51. The number of halogens is 3. The molecule has 0 fully saturated rings. The summed E-state index contributed by atoms with van der Waals surface area (Å²) in [6.07, 6.45) is -6.21. The van der Waals surface area contributed by atoms with Crippen molar-refractivity contribution in [2.24, 2.45) is 0 Å². The van der Waals surface area contributed by atoms with Gasteiger partial charge < -0.3 is 9.05 Å². The van der Waals surface area contributed by atoms with Gasteiger partial charge in [0.1, 0.15) is 4.90 Å². The average molecular weight is 404 g/mol. The van der Waals surface area contributed by atoms with E-state index >= 15 is 0 Å². The predicted octanol–water partition coefficient (Wildman–Crippen LogP) is 3.71. The molecule has 6 nitrogen and oxygen atoms in total. The minimum atomic E-state index is -5.02. The molecule has 0 aliphatic rings. The second kappa shape index (κ2) is 7.75. The molecule has 0 unspecified atom stereocenters. The second-order valence-electron chi connectivity index (χ2n) is 5.60. The van der Waals surface area contributed by atoms with Crippen LogP contribution in [0.15, 0.2) is 23.1 Å². The van der Waals surface area contributed by atoms with Crippen molar-refractivity contribution in [1.82, 2.24) is 0 Å². The Kier molecular flexibility index (Phi) is 6.86. The van der Waals surface area contributed by atoms with Gasteiger partial charge in [-0.25, -0.2) is 0 Å². The first-order chi connectivity index (χ1) is 11.2. The van der Waals surface area contributed by atoms with Crippen LogP contribution >= 0.6 is 7.60 Å². The number of rotatable bonds is 7. The van der Waals surface area contributed by atoms with Crippen molar-refractivity contribution in [3.8, 4) is 0 Å². The molecular weight excluding hydrogens is 384 g/mol. The molecule has 0 bridgehead atoms. The van der Waals surface area contributed by atoms with Gasteiger partial charge >= 0.3 is 13.8 Å². The predicted molar refractivity (Wildman–Crippen MR) is 85.3 cm³/mol. The van der Waals surface area contributed by atoms with Crippen LogP contribution in [-0.4, -0.2) is 27.7 Å². The zero-order chi connectivity index (χ0) is 19.6. The van der Waals surface area contributed by atoms with Crippen LogP contribution in [0.4, 0.5) is 13.2 Å². The molecule has 0 radical (unpaired) electrons. The van der Waals surface area contributed by atoms with Crippen molar-refractivity contribution in [3.05, 3.63) is 23.8 Å². The maximum atomic E-state index is 13.3. The van der Waals surface area contributed by atoms with Crippen molar-refractivity contribution in [2.45, 2.75) is 51.0 Å². The molecule has 0 atom stereocenters. The summed E-state index contributed by atoms with van der Waals surface area (Å²) in [7, 11) is -7.96. The Morgan fingerprint density at radius 3 is 1.88 bits per heavy atom.